The Bertz CT molecular complexity index is 1220. The lowest BCUT2D eigenvalue weighted by molar-refractivity contribution is -0.0296. The first kappa shape index (κ1) is 21.6. The van der Waals surface area contributed by atoms with Crippen LogP contribution in [0.3, 0.4) is 0 Å². The molecule has 4 fully saturated rings. The first-order valence-electron chi connectivity index (χ1n) is 11.6. The number of rotatable bonds is 4. The molecule has 4 bridgehead atoms. The number of nitrogens with zero attached hydrogens (tertiary/aromatic N) is 1. The van der Waals surface area contributed by atoms with Gasteiger partial charge in [0.25, 0.3) is 5.91 Å². The average Bonchev–Trinajstić information content (AvgIpc) is 3.22. The third-order valence-electron chi connectivity index (χ3n) is 8.17. The van der Waals surface area contributed by atoms with E-state index in [1.165, 1.54) is 54.6 Å². The van der Waals surface area contributed by atoms with E-state index in [2.05, 4.69) is 41.9 Å². The number of aryl methyl sites for hydroxylation is 1. The van der Waals surface area contributed by atoms with Crippen LogP contribution in [0.1, 0.15) is 65.7 Å². The first-order valence-corrected chi connectivity index (χ1v) is 13.3. The molecule has 1 amide bonds. The maximum Gasteiger partial charge on any atom is 0.258 e. The molecule has 2 aromatic carbocycles. The lowest BCUT2D eigenvalue weighted by Crippen LogP contribution is -2.56. The Hall–Kier alpha value is -1.88. The van der Waals surface area contributed by atoms with E-state index in [-0.39, 0.29) is 16.7 Å². The van der Waals surface area contributed by atoms with Crippen LogP contribution in [0.5, 0.6) is 0 Å². The van der Waals surface area contributed by atoms with Crippen molar-refractivity contribution in [3.63, 3.8) is 0 Å². The highest BCUT2D eigenvalue weighted by Crippen LogP contribution is 2.66. The van der Waals surface area contributed by atoms with Crippen LogP contribution < -0.4 is 5.32 Å². The van der Waals surface area contributed by atoms with Crippen molar-refractivity contribution < 1.29 is 4.79 Å². The summed E-state index contributed by atoms with van der Waals surface area (Å²) in [6, 6.07) is 14.2. The summed E-state index contributed by atoms with van der Waals surface area (Å²) in [6.07, 6.45) is 7.57. The van der Waals surface area contributed by atoms with E-state index in [9.17, 15) is 4.79 Å². The van der Waals surface area contributed by atoms with E-state index in [0.29, 0.717) is 20.7 Å². The van der Waals surface area contributed by atoms with Gasteiger partial charge in [0.15, 0.2) is 5.13 Å². The quantitative estimate of drug-likeness (QED) is 0.400. The van der Waals surface area contributed by atoms with Crippen LogP contribution in [0.2, 0.25) is 10.0 Å². The molecule has 2 atom stereocenters. The standard InChI is InChI=1S/C27H26Cl2N2OS/c1-16-2-4-19(5-3-16)26-10-17-8-18(11-26)13-27(12-17,15-26)23-14-33-25(30-23)31-24(32)21-7-6-20(28)9-22(21)29/h2-7,9,14,17-18H,8,10-13,15H2,1H3,(H,30,31,32)/t17-,18-,26?,27?/m0/s1. The summed E-state index contributed by atoms with van der Waals surface area (Å²) in [6.45, 7) is 2.16. The second kappa shape index (κ2) is 7.83. The van der Waals surface area contributed by atoms with Crippen molar-refractivity contribution in [3.8, 4) is 0 Å². The molecule has 4 aliphatic rings. The van der Waals surface area contributed by atoms with Gasteiger partial charge in [-0.05, 0) is 86.5 Å². The molecule has 1 aromatic heterocycles. The number of hydrogen-bond donors (Lipinski definition) is 1. The minimum atomic E-state index is -0.251. The summed E-state index contributed by atoms with van der Waals surface area (Å²) in [5.41, 5.74) is 4.78. The lowest BCUT2D eigenvalue weighted by Gasteiger charge is -2.62. The second-order valence-corrected chi connectivity index (χ2v) is 12.2. The van der Waals surface area contributed by atoms with E-state index in [0.717, 1.165) is 24.0 Å². The highest BCUT2D eigenvalue weighted by molar-refractivity contribution is 7.14. The molecule has 7 rings (SSSR count). The van der Waals surface area contributed by atoms with Gasteiger partial charge < -0.3 is 0 Å². The van der Waals surface area contributed by atoms with Crippen LogP contribution in [-0.2, 0) is 10.8 Å². The molecule has 3 aromatic rings. The third-order valence-corrected chi connectivity index (χ3v) is 9.47. The molecule has 4 aliphatic carbocycles. The Kier molecular flexibility index (Phi) is 5.13. The van der Waals surface area contributed by atoms with E-state index in [1.807, 2.05) is 0 Å². The van der Waals surface area contributed by atoms with Crippen LogP contribution >= 0.6 is 34.5 Å². The number of benzene rings is 2. The zero-order chi connectivity index (χ0) is 22.8. The van der Waals surface area contributed by atoms with Crippen molar-refractivity contribution in [2.24, 2.45) is 11.8 Å². The predicted octanol–water partition coefficient (Wildman–Crippen LogP) is 7.80. The van der Waals surface area contributed by atoms with Gasteiger partial charge >= 0.3 is 0 Å². The van der Waals surface area contributed by atoms with Crippen LogP contribution in [-0.4, -0.2) is 10.9 Å². The monoisotopic (exact) mass is 496 g/mol. The molecule has 33 heavy (non-hydrogen) atoms. The molecule has 0 saturated heterocycles. The molecule has 1 heterocycles. The maximum atomic E-state index is 12.8. The Labute approximate surface area is 208 Å². The minimum absolute atomic E-state index is 0.117. The van der Waals surface area contributed by atoms with E-state index in [1.54, 1.807) is 18.2 Å². The molecule has 3 nitrogen and oxygen atoms in total. The number of halogens is 2. The minimum Gasteiger partial charge on any atom is -0.298 e. The predicted molar refractivity (Wildman–Crippen MR) is 136 cm³/mol. The van der Waals surface area contributed by atoms with Crippen molar-refractivity contribution in [2.75, 3.05) is 5.32 Å². The Morgan fingerprint density at radius 1 is 1.03 bits per heavy atom. The molecule has 4 saturated carbocycles. The average molecular weight is 497 g/mol. The van der Waals surface area contributed by atoms with Crippen molar-refractivity contribution >= 4 is 45.6 Å². The Morgan fingerprint density at radius 3 is 2.42 bits per heavy atom. The van der Waals surface area contributed by atoms with Gasteiger partial charge in [-0.1, -0.05) is 53.0 Å². The fourth-order valence-electron chi connectivity index (χ4n) is 7.22. The van der Waals surface area contributed by atoms with E-state index >= 15 is 0 Å². The summed E-state index contributed by atoms with van der Waals surface area (Å²) in [5.74, 6) is 1.28. The number of thiazole rings is 1. The van der Waals surface area contributed by atoms with Crippen LogP contribution in [0.25, 0.3) is 0 Å². The third kappa shape index (κ3) is 3.71. The maximum absolute atomic E-state index is 12.8. The zero-order valence-corrected chi connectivity index (χ0v) is 20.9. The van der Waals surface area contributed by atoms with Gasteiger partial charge in [0.2, 0.25) is 0 Å². The van der Waals surface area contributed by atoms with E-state index in [4.69, 9.17) is 28.2 Å². The fourth-order valence-corrected chi connectivity index (χ4v) is 8.54. The van der Waals surface area contributed by atoms with Crippen molar-refractivity contribution in [1.82, 2.24) is 4.98 Å². The summed E-state index contributed by atoms with van der Waals surface area (Å²) < 4.78 is 0. The molecule has 0 unspecified atom stereocenters. The number of anilines is 1. The highest BCUT2D eigenvalue weighted by Gasteiger charge is 2.59. The molecule has 0 radical (unpaired) electrons. The Morgan fingerprint density at radius 2 is 1.73 bits per heavy atom. The number of hydrogen-bond acceptors (Lipinski definition) is 3. The number of nitrogens with one attached hydrogen (secondary N) is 1. The summed E-state index contributed by atoms with van der Waals surface area (Å²) in [4.78, 5) is 17.8. The lowest BCUT2D eigenvalue weighted by atomic mass is 9.42. The molecule has 0 aliphatic heterocycles. The summed E-state index contributed by atoms with van der Waals surface area (Å²) in [5, 5.41) is 6.63. The number of amides is 1. The molecule has 170 valence electrons. The number of carbonyl (C=O) groups is 1. The van der Waals surface area contributed by atoms with Gasteiger partial charge in [0.1, 0.15) is 0 Å². The smallest absolute Gasteiger partial charge is 0.258 e. The SMILES string of the molecule is Cc1ccc(C23C[C@@H]4C[C@@H](C2)CC(c2csc(NC(=O)c5ccc(Cl)cc5Cl)n2)(C4)C3)cc1. The van der Waals surface area contributed by atoms with Gasteiger partial charge in [-0.15, -0.1) is 11.3 Å². The summed E-state index contributed by atoms with van der Waals surface area (Å²) in [7, 11) is 0. The van der Waals surface area contributed by atoms with Gasteiger partial charge in [0, 0.05) is 15.8 Å². The summed E-state index contributed by atoms with van der Waals surface area (Å²) >= 11 is 13.7. The zero-order valence-electron chi connectivity index (χ0n) is 18.5. The number of carbonyl (C=O) groups excluding carboxylic acids is 1. The van der Waals surface area contributed by atoms with Gasteiger partial charge in [0.05, 0.1) is 16.3 Å². The fraction of sp³-hybridized carbons (Fsp3) is 0.407. The van der Waals surface area contributed by atoms with E-state index < -0.39 is 0 Å². The van der Waals surface area contributed by atoms with Gasteiger partial charge in [-0.3, -0.25) is 10.1 Å². The molecule has 0 spiro atoms. The first-order chi connectivity index (χ1) is 15.8. The Balaban J connectivity index is 1.28. The van der Waals surface area contributed by atoms with Crippen molar-refractivity contribution in [3.05, 3.63) is 80.3 Å². The molecular formula is C27H26Cl2N2OS. The molecular weight excluding hydrogens is 471 g/mol. The number of aromatic nitrogens is 1. The van der Waals surface area contributed by atoms with Crippen molar-refractivity contribution in [1.29, 1.82) is 0 Å². The topological polar surface area (TPSA) is 42.0 Å². The molecule has 6 heteroatoms. The highest BCUT2D eigenvalue weighted by atomic mass is 35.5. The van der Waals surface area contributed by atoms with Crippen LogP contribution in [0.4, 0.5) is 5.13 Å². The second-order valence-electron chi connectivity index (χ2n) is 10.5. The van der Waals surface area contributed by atoms with Crippen molar-refractivity contribution in [2.45, 2.75) is 56.3 Å². The largest absolute Gasteiger partial charge is 0.298 e. The normalized spacial score (nSPS) is 29.9. The van der Waals surface area contributed by atoms with Gasteiger partial charge in [-0.25, -0.2) is 4.98 Å². The van der Waals surface area contributed by atoms with Crippen LogP contribution in [0, 0.1) is 18.8 Å². The van der Waals surface area contributed by atoms with Gasteiger partial charge in [-0.2, -0.15) is 0 Å². The molecule has 1 N–H and O–H groups in total. The van der Waals surface area contributed by atoms with Crippen LogP contribution in [0.15, 0.2) is 47.8 Å².